The third kappa shape index (κ3) is 13.4. The van der Waals surface area contributed by atoms with Crippen molar-refractivity contribution < 1.29 is 38.7 Å². The van der Waals surface area contributed by atoms with Crippen LogP contribution in [0, 0.1) is 11.8 Å². The second-order valence-corrected chi connectivity index (χ2v) is 11.2. The number of nitrogens with zero attached hydrogens (tertiary/aromatic N) is 1. The molecule has 13 heteroatoms. The molecule has 43 heavy (non-hydrogen) atoms. The number of anilines is 1. The minimum atomic E-state index is -0.864. The number of amides is 5. The molecule has 0 radical (unpaired) electrons. The van der Waals surface area contributed by atoms with Gasteiger partial charge < -0.3 is 20.1 Å². The molecule has 0 aliphatic heterocycles. The number of ether oxygens (including phenoxy) is 2. The van der Waals surface area contributed by atoms with E-state index >= 15 is 0 Å². The van der Waals surface area contributed by atoms with Crippen molar-refractivity contribution in [3.8, 4) is 11.8 Å². The number of hydroxylamine groups is 1. The highest BCUT2D eigenvalue weighted by molar-refractivity contribution is 5.95. The maximum atomic E-state index is 12.8. The Morgan fingerprint density at radius 3 is 1.84 bits per heavy atom. The first-order chi connectivity index (χ1) is 20.0. The largest absolute Gasteiger partial charge is 0.444 e. The van der Waals surface area contributed by atoms with Crippen LogP contribution in [0.2, 0.25) is 0 Å². The Labute approximate surface area is 250 Å². The highest BCUT2D eigenvalue weighted by atomic mass is 16.6. The lowest BCUT2D eigenvalue weighted by atomic mass is 10.1. The fourth-order valence-electron chi connectivity index (χ4n) is 3.12. The molecule has 5 amide bonds. The molecule has 0 aromatic heterocycles. The van der Waals surface area contributed by atoms with Crippen molar-refractivity contribution in [2.75, 3.05) is 18.4 Å². The molecule has 0 saturated heterocycles. The third-order valence-electron chi connectivity index (χ3n) is 5.00. The summed E-state index contributed by atoms with van der Waals surface area (Å²) in [6.07, 6.45) is -1.82. The molecule has 0 bridgehead atoms. The molecule has 2 aromatic rings. The van der Waals surface area contributed by atoms with Crippen molar-refractivity contribution in [1.82, 2.24) is 21.2 Å². The maximum absolute atomic E-state index is 12.8. The molecule has 0 atom stereocenters. The molecule has 5 N–H and O–H groups in total. The first-order valence-corrected chi connectivity index (χ1v) is 13.3. The quantitative estimate of drug-likeness (QED) is 0.184. The minimum absolute atomic E-state index is 0.229. The van der Waals surface area contributed by atoms with Crippen molar-refractivity contribution in [3.63, 3.8) is 0 Å². The average Bonchev–Trinajstić information content (AvgIpc) is 2.91. The summed E-state index contributed by atoms with van der Waals surface area (Å²) in [5.74, 6) is 4.20. The van der Waals surface area contributed by atoms with Gasteiger partial charge in [0.15, 0.2) is 0 Å². The van der Waals surface area contributed by atoms with Crippen LogP contribution in [0.1, 0.15) is 69.4 Å². The van der Waals surface area contributed by atoms with Gasteiger partial charge in [0.1, 0.15) is 17.7 Å². The molecule has 0 unspecified atom stereocenters. The van der Waals surface area contributed by atoms with Gasteiger partial charge in [-0.25, -0.2) is 20.1 Å². The first-order valence-electron chi connectivity index (χ1n) is 13.3. The van der Waals surface area contributed by atoms with Crippen molar-refractivity contribution in [3.05, 3.63) is 65.2 Å². The zero-order chi connectivity index (χ0) is 32.2. The molecule has 2 rings (SSSR count). The van der Waals surface area contributed by atoms with Gasteiger partial charge in [0.05, 0.1) is 6.54 Å². The normalized spacial score (nSPS) is 10.8. The molecular weight excluding hydrogens is 558 g/mol. The predicted octanol–water partition coefficient (Wildman–Crippen LogP) is 3.33. The van der Waals surface area contributed by atoms with Crippen molar-refractivity contribution in [2.45, 2.75) is 59.2 Å². The number of hydrogen-bond donors (Lipinski definition) is 5. The number of hydrazine groups is 1. The number of alkyl carbamates (subject to hydrolysis) is 1. The number of carbonyl (C=O) groups is 5. The molecule has 0 aliphatic carbocycles. The fourth-order valence-corrected chi connectivity index (χ4v) is 3.12. The van der Waals surface area contributed by atoms with Crippen molar-refractivity contribution in [1.29, 1.82) is 0 Å². The van der Waals surface area contributed by atoms with E-state index in [1.807, 2.05) is 0 Å². The van der Waals surface area contributed by atoms with E-state index in [4.69, 9.17) is 14.7 Å². The van der Waals surface area contributed by atoms with Gasteiger partial charge in [-0.15, -0.1) is 0 Å². The number of rotatable bonds is 7. The van der Waals surface area contributed by atoms with E-state index in [1.165, 1.54) is 17.6 Å². The second kappa shape index (κ2) is 15.2. The molecular formula is C30H37N5O8. The van der Waals surface area contributed by atoms with E-state index in [0.29, 0.717) is 16.8 Å². The standard InChI is InChI=1S/C30H37N5O8/c1-29(2,3)42-27(39)31-19-25(37)32-23-15-11-21(12-16-23)8-7-20-9-13-22(14-10-20)26(38)33-35(18-17-24(36)34-41)28(40)43-30(4,5)6/h9-16,41H,17-19H2,1-6H3,(H,31,39)(H,32,37)(H,33,38)(H,34,36). The molecule has 0 fully saturated rings. The van der Waals surface area contributed by atoms with Crippen LogP contribution in [0.4, 0.5) is 15.3 Å². The van der Waals surface area contributed by atoms with Gasteiger partial charge in [-0.2, -0.15) is 0 Å². The van der Waals surface area contributed by atoms with Gasteiger partial charge in [-0.3, -0.25) is 25.0 Å². The third-order valence-corrected chi connectivity index (χ3v) is 5.00. The van der Waals surface area contributed by atoms with E-state index < -0.39 is 41.1 Å². The van der Waals surface area contributed by atoms with Gasteiger partial charge in [0, 0.05) is 28.8 Å². The van der Waals surface area contributed by atoms with Crippen LogP contribution in [-0.2, 0) is 19.1 Å². The summed E-state index contributed by atoms with van der Waals surface area (Å²) in [5, 5.41) is 14.6. The Bertz CT molecular complexity index is 1360. The second-order valence-electron chi connectivity index (χ2n) is 11.2. The van der Waals surface area contributed by atoms with Crippen LogP contribution >= 0.6 is 0 Å². The van der Waals surface area contributed by atoms with E-state index in [9.17, 15) is 24.0 Å². The van der Waals surface area contributed by atoms with Crippen LogP contribution < -0.4 is 21.5 Å². The summed E-state index contributed by atoms with van der Waals surface area (Å²) in [7, 11) is 0. The molecule has 13 nitrogen and oxygen atoms in total. The van der Waals surface area contributed by atoms with Gasteiger partial charge in [-0.05, 0) is 90.1 Å². The number of hydrogen-bond acceptors (Lipinski definition) is 8. The van der Waals surface area contributed by atoms with Gasteiger partial charge in [0.2, 0.25) is 11.8 Å². The summed E-state index contributed by atoms with van der Waals surface area (Å²) in [4.78, 5) is 60.5. The smallest absolute Gasteiger partial charge is 0.429 e. The number of carbonyl (C=O) groups excluding carboxylic acids is 5. The Balaban J connectivity index is 1.97. The SMILES string of the molecule is CC(C)(C)OC(=O)NCC(=O)Nc1ccc(C#Cc2ccc(C(=O)NN(CCC(=O)NO)C(=O)OC(C)(C)C)cc2)cc1. The van der Waals surface area contributed by atoms with Crippen LogP contribution in [0.15, 0.2) is 48.5 Å². The van der Waals surface area contributed by atoms with E-state index in [1.54, 1.807) is 77.9 Å². The van der Waals surface area contributed by atoms with Crippen LogP contribution in [0.5, 0.6) is 0 Å². The number of benzene rings is 2. The Kier molecular flexibility index (Phi) is 12.1. The molecule has 0 heterocycles. The summed E-state index contributed by atoms with van der Waals surface area (Å²) >= 11 is 0. The molecule has 2 aromatic carbocycles. The van der Waals surface area contributed by atoms with Gasteiger partial charge in [-0.1, -0.05) is 11.8 Å². The van der Waals surface area contributed by atoms with Gasteiger partial charge >= 0.3 is 12.2 Å². The zero-order valence-electron chi connectivity index (χ0n) is 25.0. The minimum Gasteiger partial charge on any atom is -0.444 e. The Hall–Kier alpha value is -5.09. The summed E-state index contributed by atoms with van der Waals surface area (Å²) in [6.45, 7) is 9.67. The first kappa shape index (κ1) is 34.1. The summed E-state index contributed by atoms with van der Waals surface area (Å²) < 4.78 is 10.4. The highest BCUT2D eigenvalue weighted by Gasteiger charge is 2.24. The fraction of sp³-hybridized carbons (Fsp3) is 0.367. The van der Waals surface area contributed by atoms with Crippen LogP contribution in [0.25, 0.3) is 0 Å². The van der Waals surface area contributed by atoms with E-state index in [0.717, 1.165) is 5.01 Å². The van der Waals surface area contributed by atoms with E-state index in [2.05, 4.69) is 27.9 Å². The van der Waals surface area contributed by atoms with Crippen molar-refractivity contribution >= 4 is 35.6 Å². The predicted molar refractivity (Wildman–Crippen MR) is 157 cm³/mol. The van der Waals surface area contributed by atoms with Crippen molar-refractivity contribution in [2.24, 2.45) is 0 Å². The summed E-state index contributed by atoms with van der Waals surface area (Å²) in [5.41, 5.74) is 4.43. The number of nitrogens with one attached hydrogen (secondary N) is 4. The Morgan fingerprint density at radius 2 is 1.33 bits per heavy atom. The topological polar surface area (TPSA) is 175 Å². The zero-order valence-corrected chi connectivity index (χ0v) is 25.0. The average molecular weight is 596 g/mol. The molecule has 0 spiro atoms. The lowest BCUT2D eigenvalue weighted by molar-refractivity contribution is -0.129. The molecule has 230 valence electrons. The lowest BCUT2D eigenvalue weighted by Crippen LogP contribution is -2.49. The maximum Gasteiger partial charge on any atom is 0.429 e. The van der Waals surface area contributed by atoms with Gasteiger partial charge in [0.25, 0.3) is 5.91 Å². The van der Waals surface area contributed by atoms with Crippen LogP contribution in [0.3, 0.4) is 0 Å². The monoisotopic (exact) mass is 595 g/mol. The summed E-state index contributed by atoms with van der Waals surface area (Å²) in [6, 6.07) is 13.1. The lowest BCUT2D eigenvalue weighted by Gasteiger charge is -2.27. The van der Waals surface area contributed by atoms with Crippen LogP contribution in [-0.4, -0.2) is 64.4 Å². The molecule has 0 saturated carbocycles. The molecule has 0 aliphatic rings. The Morgan fingerprint density at radius 1 is 0.791 bits per heavy atom. The van der Waals surface area contributed by atoms with E-state index in [-0.39, 0.29) is 25.1 Å². The highest BCUT2D eigenvalue weighted by Crippen LogP contribution is 2.12.